The molecule has 1 aromatic carbocycles. The normalized spacial score (nSPS) is 19.4. The summed E-state index contributed by atoms with van der Waals surface area (Å²) in [7, 11) is 0. The summed E-state index contributed by atoms with van der Waals surface area (Å²) in [6.07, 6.45) is 4.45. The van der Waals surface area contributed by atoms with Crippen LogP contribution < -0.4 is 5.73 Å². The minimum atomic E-state index is -0.994. The molecule has 1 unspecified atom stereocenters. The number of nitrogen functional groups attached to an aromatic ring is 1. The van der Waals surface area contributed by atoms with Crippen molar-refractivity contribution < 1.29 is 5.11 Å². The highest BCUT2D eigenvalue weighted by Gasteiger charge is 2.43. The van der Waals surface area contributed by atoms with Gasteiger partial charge in [-0.05, 0) is 24.3 Å². The van der Waals surface area contributed by atoms with Gasteiger partial charge in [-0.15, -0.1) is 11.3 Å². The summed E-state index contributed by atoms with van der Waals surface area (Å²) in [5.74, 6) is 0.233. The molecule has 2 aromatic rings. The van der Waals surface area contributed by atoms with E-state index in [4.69, 9.17) is 5.73 Å². The number of thiazole rings is 1. The third-order valence-electron chi connectivity index (χ3n) is 4.07. The van der Waals surface area contributed by atoms with Crippen LogP contribution >= 0.6 is 11.3 Å². The Morgan fingerprint density at radius 2 is 1.89 bits per heavy atom. The molecule has 0 radical (unpaired) electrons. The fourth-order valence-corrected chi connectivity index (χ4v) is 3.71. The van der Waals surface area contributed by atoms with Crippen molar-refractivity contribution in [2.75, 3.05) is 5.73 Å². The molecule has 1 aliphatic carbocycles. The van der Waals surface area contributed by atoms with Gasteiger partial charge in [-0.3, -0.25) is 0 Å². The fraction of sp³-hybridized carbons (Fsp3) is 0.400. The van der Waals surface area contributed by atoms with E-state index in [1.165, 1.54) is 24.2 Å². The summed E-state index contributed by atoms with van der Waals surface area (Å²) in [5, 5.41) is 13.8. The van der Waals surface area contributed by atoms with Crippen molar-refractivity contribution in [1.29, 1.82) is 0 Å². The highest BCUT2D eigenvalue weighted by atomic mass is 32.1. The predicted octanol–water partition coefficient (Wildman–Crippen LogP) is 3.15. The standard InChI is InChI=1S/C15H18N2OS/c16-14-17-13(10-19-14)15(18,12-8-4-5-9-12)11-6-2-1-3-7-11/h1-3,6-7,10,12,18H,4-5,8-9H2,(H2,16,17). The number of aromatic nitrogens is 1. The second-order valence-corrected chi connectivity index (χ2v) is 6.07. The molecule has 1 heterocycles. The van der Waals surface area contributed by atoms with Crippen molar-refractivity contribution in [3.63, 3.8) is 0 Å². The van der Waals surface area contributed by atoms with Crippen LogP contribution in [0.3, 0.4) is 0 Å². The van der Waals surface area contributed by atoms with E-state index in [1.807, 2.05) is 35.7 Å². The molecule has 3 rings (SSSR count). The van der Waals surface area contributed by atoms with E-state index in [-0.39, 0.29) is 5.92 Å². The first-order valence-corrected chi connectivity index (χ1v) is 7.58. The molecular formula is C15H18N2OS. The molecule has 0 aliphatic heterocycles. The van der Waals surface area contributed by atoms with Crippen LogP contribution in [0.25, 0.3) is 0 Å². The molecule has 0 amide bonds. The second-order valence-electron chi connectivity index (χ2n) is 5.18. The lowest BCUT2D eigenvalue weighted by Gasteiger charge is -2.33. The molecule has 19 heavy (non-hydrogen) atoms. The van der Waals surface area contributed by atoms with Gasteiger partial charge in [0, 0.05) is 5.38 Å². The minimum Gasteiger partial charge on any atom is -0.378 e. The summed E-state index contributed by atoms with van der Waals surface area (Å²) in [4.78, 5) is 4.35. The molecule has 100 valence electrons. The molecule has 4 heteroatoms. The first-order valence-electron chi connectivity index (χ1n) is 6.70. The summed E-state index contributed by atoms with van der Waals surface area (Å²) in [6.45, 7) is 0. The van der Waals surface area contributed by atoms with Crippen LogP contribution in [-0.4, -0.2) is 10.1 Å². The molecule has 1 aliphatic rings. The maximum absolute atomic E-state index is 11.4. The number of nitrogens with zero attached hydrogens (tertiary/aromatic N) is 1. The number of hydrogen-bond acceptors (Lipinski definition) is 4. The number of nitrogens with two attached hydrogens (primary N) is 1. The largest absolute Gasteiger partial charge is 0.378 e. The number of hydrogen-bond donors (Lipinski definition) is 2. The highest BCUT2D eigenvalue weighted by Crippen LogP contribution is 2.45. The number of benzene rings is 1. The van der Waals surface area contributed by atoms with Gasteiger partial charge in [0.2, 0.25) is 0 Å². The Morgan fingerprint density at radius 3 is 2.47 bits per heavy atom. The fourth-order valence-electron chi connectivity index (χ4n) is 3.09. The quantitative estimate of drug-likeness (QED) is 0.904. The Bertz CT molecular complexity index is 548. The molecule has 1 fully saturated rings. The van der Waals surface area contributed by atoms with E-state index in [0.29, 0.717) is 10.8 Å². The molecular weight excluding hydrogens is 256 g/mol. The maximum Gasteiger partial charge on any atom is 0.180 e. The highest BCUT2D eigenvalue weighted by molar-refractivity contribution is 7.13. The molecule has 0 bridgehead atoms. The van der Waals surface area contributed by atoms with Crippen LogP contribution in [0.15, 0.2) is 35.7 Å². The zero-order valence-electron chi connectivity index (χ0n) is 10.7. The van der Waals surface area contributed by atoms with Gasteiger partial charge in [-0.1, -0.05) is 43.2 Å². The van der Waals surface area contributed by atoms with E-state index < -0.39 is 5.60 Å². The Hall–Kier alpha value is -1.39. The first kappa shape index (κ1) is 12.6. The topological polar surface area (TPSA) is 59.1 Å². The molecule has 1 aromatic heterocycles. The summed E-state index contributed by atoms with van der Waals surface area (Å²) < 4.78 is 0. The van der Waals surface area contributed by atoms with E-state index in [1.54, 1.807) is 0 Å². The van der Waals surface area contributed by atoms with Gasteiger partial charge in [0.1, 0.15) is 5.60 Å². The first-order chi connectivity index (χ1) is 9.21. The van der Waals surface area contributed by atoms with E-state index in [2.05, 4.69) is 4.98 Å². The van der Waals surface area contributed by atoms with Crippen molar-refractivity contribution in [3.05, 3.63) is 47.0 Å². The molecule has 1 saturated carbocycles. The lowest BCUT2D eigenvalue weighted by Crippen LogP contribution is -2.35. The van der Waals surface area contributed by atoms with Crippen LogP contribution in [0.1, 0.15) is 36.9 Å². The zero-order valence-corrected chi connectivity index (χ0v) is 11.6. The average molecular weight is 274 g/mol. The minimum absolute atomic E-state index is 0.233. The summed E-state index contributed by atoms with van der Waals surface area (Å²) >= 11 is 1.39. The SMILES string of the molecule is Nc1nc(C(O)(c2ccccc2)C2CCCC2)cs1. The number of aliphatic hydroxyl groups is 1. The van der Waals surface area contributed by atoms with E-state index in [9.17, 15) is 5.11 Å². The molecule has 0 spiro atoms. The lowest BCUT2D eigenvalue weighted by molar-refractivity contribution is 0.0154. The summed E-state index contributed by atoms with van der Waals surface area (Å²) in [6, 6.07) is 9.85. The van der Waals surface area contributed by atoms with Crippen molar-refractivity contribution in [2.24, 2.45) is 5.92 Å². The van der Waals surface area contributed by atoms with Crippen LogP contribution in [0.5, 0.6) is 0 Å². The van der Waals surface area contributed by atoms with E-state index >= 15 is 0 Å². The zero-order chi connectivity index (χ0) is 13.3. The van der Waals surface area contributed by atoms with Gasteiger partial charge < -0.3 is 10.8 Å². The smallest absolute Gasteiger partial charge is 0.180 e. The van der Waals surface area contributed by atoms with Crippen molar-refractivity contribution >= 4 is 16.5 Å². The molecule has 3 N–H and O–H groups in total. The van der Waals surface area contributed by atoms with E-state index in [0.717, 1.165) is 18.4 Å². The Balaban J connectivity index is 2.09. The molecule has 0 saturated heterocycles. The molecule has 1 atom stereocenters. The monoisotopic (exact) mass is 274 g/mol. The Kier molecular flexibility index (Phi) is 3.29. The van der Waals surface area contributed by atoms with Gasteiger partial charge in [-0.25, -0.2) is 4.98 Å². The number of rotatable bonds is 3. The molecule has 3 nitrogen and oxygen atoms in total. The van der Waals surface area contributed by atoms with Gasteiger partial charge in [0.05, 0.1) is 5.69 Å². The van der Waals surface area contributed by atoms with Crippen molar-refractivity contribution in [1.82, 2.24) is 4.98 Å². The lowest BCUT2D eigenvalue weighted by atomic mass is 9.78. The van der Waals surface area contributed by atoms with Crippen LogP contribution in [0, 0.1) is 5.92 Å². The van der Waals surface area contributed by atoms with Gasteiger partial charge in [0.25, 0.3) is 0 Å². The van der Waals surface area contributed by atoms with Crippen LogP contribution in [0.2, 0.25) is 0 Å². The second kappa shape index (κ2) is 4.94. The third kappa shape index (κ3) is 2.15. The Labute approximate surface area is 117 Å². The van der Waals surface area contributed by atoms with Crippen molar-refractivity contribution in [2.45, 2.75) is 31.3 Å². The predicted molar refractivity (Wildman–Crippen MR) is 77.9 cm³/mol. The summed E-state index contributed by atoms with van der Waals surface area (Å²) in [5.41, 5.74) is 6.38. The van der Waals surface area contributed by atoms with Gasteiger partial charge >= 0.3 is 0 Å². The Morgan fingerprint density at radius 1 is 1.21 bits per heavy atom. The number of anilines is 1. The van der Waals surface area contributed by atoms with Crippen LogP contribution in [0.4, 0.5) is 5.13 Å². The third-order valence-corrected chi connectivity index (χ3v) is 4.75. The van der Waals surface area contributed by atoms with Crippen LogP contribution in [-0.2, 0) is 5.60 Å². The maximum atomic E-state index is 11.4. The van der Waals surface area contributed by atoms with Crippen molar-refractivity contribution in [3.8, 4) is 0 Å². The average Bonchev–Trinajstić information content (AvgIpc) is 3.10. The van der Waals surface area contributed by atoms with Gasteiger partial charge in [0.15, 0.2) is 5.13 Å². The van der Waals surface area contributed by atoms with Gasteiger partial charge in [-0.2, -0.15) is 0 Å².